The minimum Gasteiger partial charge on any atom is -0.497 e. The summed E-state index contributed by atoms with van der Waals surface area (Å²) >= 11 is 5.77. The van der Waals surface area contributed by atoms with Gasteiger partial charge in [0, 0.05) is 5.56 Å². The smallest absolute Gasteiger partial charge is 0.338 e. The lowest BCUT2D eigenvalue weighted by Gasteiger charge is -2.13. The SMILES string of the molecule is COc1ccc(C(=O)[C@H](C)OC(=O)c2ccc(Cl)c(S(N)(=O)=O)c2)cc1. The van der Waals surface area contributed by atoms with Gasteiger partial charge in [0.05, 0.1) is 17.7 Å². The molecule has 0 aliphatic carbocycles. The van der Waals surface area contributed by atoms with E-state index in [-0.39, 0.29) is 10.6 Å². The zero-order valence-electron chi connectivity index (χ0n) is 13.9. The molecule has 1 atom stereocenters. The first-order valence-corrected chi connectivity index (χ1v) is 9.27. The van der Waals surface area contributed by atoms with Crippen molar-refractivity contribution in [2.75, 3.05) is 7.11 Å². The van der Waals surface area contributed by atoms with Crippen LogP contribution in [0.3, 0.4) is 0 Å². The molecule has 2 N–H and O–H groups in total. The average Bonchev–Trinajstić information content (AvgIpc) is 2.60. The number of carbonyl (C=O) groups is 2. The number of hydrogen-bond donors (Lipinski definition) is 1. The molecule has 0 spiro atoms. The Morgan fingerprint density at radius 3 is 2.19 bits per heavy atom. The van der Waals surface area contributed by atoms with Gasteiger partial charge in [0.2, 0.25) is 15.8 Å². The second-order valence-electron chi connectivity index (χ2n) is 5.33. The number of Topliss-reactive ketones (excluding diaryl/α,β-unsaturated/α-hetero) is 1. The van der Waals surface area contributed by atoms with Crippen molar-refractivity contribution in [3.05, 3.63) is 58.6 Å². The molecule has 0 aliphatic rings. The van der Waals surface area contributed by atoms with Crippen LogP contribution in [0.5, 0.6) is 5.75 Å². The lowest BCUT2D eigenvalue weighted by atomic mass is 10.1. The Kier molecular flexibility index (Phi) is 6.01. The van der Waals surface area contributed by atoms with E-state index in [9.17, 15) is 18.0 Å². The van der Waals surface area contributed by atoms with Crippen LogP contribution in [-0.2, 0) is 14.8 Å². The van der Waals surface area contributed by atoms with E-state index in [2.05, 4.69) is 0 Å². The number of benzene rings is 2. The van der Waals surface area contributed by atoms with Gasteiger partial charge in [-0.1, -0.05) is 11.6 Å². The largest absolute Gasteiger partial charge is 0.497 e. The third-order valence-corrected chi connectivity index (χ3v) is 4.89. The van der Waals surface area contributed by atoms with E-state index in [4.69, 9.17) is 26.2 Å². The maximum Gasteiger partial charge on any atom is 0.338 e. The molecule has 0 unspecified atom stereocenters. The second kappa shape index (κ2) is 7.86. The Morgan fingerprint density at radius 1 is 1.08 bits per heavy atom. The van der Waals surface area contributed by atoms with Gasteiger partial charge < -0.3 is 9.47 Å². The molecular formula is C17H16ClNO6S. The molecule has 0 radical (unpaired) electrons. The number of esters is 1. The standard InChI is InChI=1S/C17H16ClNO6S/c1-10(16(20)11-3-6-13(24-2)7-4-11)25-17(21)12-5-8-14(18)15(9-12)26(19,22)23/h3-10H,1-2H3,(H2,19,22,23)/t10-/m0/s1. The highest BCUT2D eigenvalue weighted by Crippen LogP contribution is 2.22. The summed E-state index contributed by atoms with van der Waals surface area (Å²) in [5.74, 6) is -0.703. The molecule has 0 fully saturated rings. The Balaban J connectivity index is 2.17. The maximum absolute atomic E-state index is 12.3. The third kappa shape index (κ3) is 4.60. The van der Waals surface area contributed by atoms with Crippen LogP contribution in [0.15, 0.2) is 47.4 Å². The van der Waals surface area contributed by atoms with Crippen LogP contribution >= 0.6 is 11.6 Å². The summed E-state index contributed by atoms with van der Waals surface area (Å²) < 4.78 is 33.1. The number of nitrogens with two attached hydrogens (primary N) is 1. The number of primary sulfonamides is 1. The quantitative estimate of drug-likeness (QED) is 0.591. The van der Waals surface area contributed by atoms with Gasteiger partial charge in [-0.05, 0) is 49.4 Å². The van der Waals surface area contributed by atoms with Crippen LogP contribution in [0, 0.1) is 0 Å². The van der Waals surface area contributed by atoms with Crippen molar-refractivity contribution in [3.8, 4) is 5.75 Å². The molecule has 2 rings (SSSR count). The monoisotopic (exact) mass is 397 g/mol. The van der Waals surface area contributed by atoms with Crippen molar-refractivity contribution in [2.45, 2.75) is 17.9 Å². The third-order valence-electron chi connectivity index (χ3n) is 3.50. The van der Waals surface area contributed by atoms with E-state index in [1.807, 2.05) is 0 Å². The molecule has 9 heteroatoms. The molecule has 7 nitrogen and oxygen atoms in total. The van der Waals surface area contributed by atoms with Crippen molar-refractivity contribution in [3.63, 3.8) is 0 Å². The molecule has 2 aromatic carbocycles. The summed E-state index contributed by atoms with van der Waals surface area (Å²) in [6, 6.07) is 9.82. The van der Waals surface area contributed by atoms with Crippen LogP contribution in [0.4, 0.5) is 0 Å². The van der Waals surface area contributed by atoms with Gasteiger partial charge >= 0.3 is 5.97 Å². The first-order valence-electron chi connectivity index (χ1n) is 7.35. The zero-order valence-corrected chi connectivity index (χ0v) is 15.5. The number of methoxy groups -OCH3 is 1. The molecule has 0 saturated carbocycles. The normalized spacial score (nSPS) is 12.3. The minimum absolute atomic E-state index is 0.0900. The highest BCUT2D eigenvalue weighted by atomic mass is 35.5. The Labute approximate surface area is 155 Å². The number of carbonyl (C=O) groups excluding carboxylic acids is 2. The molecule has 0 aliphatic heterocycles. The van der Waals surface area contributed by atoms with E-state index in [1.165, 1.54) is 26.2 Å². The number of halogens is 1. The first-order chi connectivity index (χ1) is 12.1. The summed E-state index contributed by atoms with van der Waals surface area (Å²) in [5, 5.41) is 4.93. The molecule has 138 valence electrons. The Hall–Kier alpha value is -2.42. The van der Waals surface area contributed by atoms with E-state index < -0.39 is 32.8 Å². The fraction of sp³-hybridized carbons (Fsp3) is 0.176. The van der Waals surface area contributed by atoms with Gasteiger partial charge in [0.15, 0.2) is 6.10 Å². The number of hydrogen-bond acceptors (Lipinski definition) is 6. The van der Waals surface area contributed by atoms with Crippen LogP contribution in [0.1, 0.15) is 27.6 Å². The van der Waals surface area contributed by atoms with E-state index in [0.29, 0.717) is 11.3 Å². The van der Waals surface area contributed by atoms with Gasteiger partial charge in [-0.25, -0.2) is 18.4 Å². The summed E-state index contributed by atoms with van der Waals surface area (Å²) in [5.41, 5.74) is 0.250. The predicted octanol–water partition coefficient (Wildman–Crippen LogP) is 2.42. The summed E-state index contributed by atoms with van der Waals surface area (Å²) in [6.07, 6.45) is -1.08. The number of sulfonamides is 1. The fourth-order valence-corrected chi connectivity index (χ4v) is 3.19. The molecule has 0 bridgehead atoms. The van der Waals surface area contributed by atoms with Crippen LogP contribution in [0.2, 0.25) is 5.02 Å². The van der Waals surface area contributed by atoms with Crippen molar-refractivity contribution < 1.29 is 27.5 Å². The summed E-state index contributed by atoms with van der Waals surface area (Å²) in [4.78, 5) is 24.1. The van der Waals surface area contributed by atoms with Crippen molar-refractivity contribution in [1.29, 1.82) is 0 Å². The van der Waals surface area contributed by atoms with Gasteiger partial charge in [0.1, 0.15) is 10.6 Å². The van der Waals surface area contributed by atoms with E-state index in [0.717, 1.165) is 6.07 Å². The van der Waals surface area contributed by atoms with Gasteiger partial charge in [0.25, 0.3) is 0 Å². The van der Waals surface area contributed by atoms with Crippen LogP contribution in [0.25, 0.3) is 0 Å². The molecule has 26 heavy (non-hydrogen) atoms. The predicted molar refractivity (Wildman–Crippen MR) is 95.0 cm³/mol. The van der Waals surface area contributed by atoms with Crippen molar-refractivity contribution in [1.82, 2.24) is 0 Å². The van der Waals surface area contributed by atoms with Gasteiger partial charge in [-0.2, -0.15) is 0 Å². The highest BCUT2D eigenvalue weighted by Gasteiger charge is 2.22. The molecular weight excluding hydrogens is 382 g/mol. The molecule has 0 saturated heterocycles. The Bertz CT molecular complexity index is 940. The lowest BCUT2D eigenvalue weighted by molar-refractivity contribution is 0.0318. The van der Waals surface area contributed by atoms with Crippen molar-refractivity contribution in [2.24, 2.45) is 5.14 Å². The molecule has 0 amide bonds. The van der Waals surface area contributed by atoms with Crippen LogP contribution < -0.4 is 9.88 Å². The highest BCUT2D eigenvalue weighted by molar-refractivity contribution is 7.89. The zero-order chi connectivity index (χ0) is 19.5. The molecule has 2 aromatic rings. The maximum atomic E-state index is 12.3. The lowest BCUT2D eigenvalue weighted by Crippen LogP contribution is -2.24. The molecule has 0 heterocycles. The minimum atomic E-state index is -4.10. The second-order valence-corrected chi connectivity index (χ2v) is 7.27. The number of ketones is 1. The van der Waals surface area contributed by atoms with Crippen LogP contribution in [-0.4, -0.2) is 33.4 Å². The average molecular weight is 398 g/mol. The topological polar surface area (TPSA) is 113 Å². The van der Waals surface area contributed by atoms with E-state index >= 15 is 0 Å². The van der Waals surface area contributed by atoms with Gasteiger partial charge in [-0.15, -0.1) is 0 Å². The number of rotatable bonds is 6. The summed E-state index contributed by atoms with van der Waals surface area (Å²) in [7, 11) is -2.60. The van der Waals surface area contributed by atoms with Crippen molar-refractivity contribution >= 4 is 33.4 Å². The van der Waals surface area contributed by atoms with E-state index in [1.54, 1.807) is 24.3 Å². The molecule has 0 aromatic heterocycles. The summed E-state index contributed by atoms with van der Waals surface area (Å²) in [6.45, 7) is 1.42. The van der Waals surface area contributed by atoms with Gasteiger partial charge in [-0.3, -0.25) is 4.79 Å². The fourth-order valence-electron chi connectivity index (χ4n) is 2.12. The Morgan fingerprint density at radius 2 is 1.65 bits per heavy atom. The first kappa shape index (κ1) is 19.9. The number of ether oxygens (including phenoxy) is 2.